The van der Waals surface area contributed by atoms with Gasteiger partial charge >= 0.3 is 0 Å². The standard InChI is InChI=1S/C11H12BrFINO/c12-8-3-4-10(13)9(5-8)11(6-14,15-16)7-1-2-7/h3-5,7,15-16H,1-2,6H2. The first-order valence-electron chi connectivity index (χ1n) is 5.07. The summed E-state index contributed by atoms with van der Waals surface area (Å²) in [5.41, 5.74) is 2.24. The fraction of sp³-hybridized carbons (Fsp3) is 0.455. The number of hydrogen-bond donors (Lipinski definition) is 2. The van der Waals surface area contributed by atoms with Gasteiger partial charge in [0.15, 0.2) is 0 Å². The van der Waals surface area contributed by atoms with Crippen molar-refractivity contribution in [2.45, 2.75) is 18.4 Å². The van der Waals surface area contributed by atoms with Crippen LogP contribution in [0, 0.1) is 11.7 Å². The van der Waals surface area contributed by atoms with E-state index in [0.717, 1.165) is 17.3 Å². The molecular weight excluding hydrogens is 388 g/mol. The Bertz CT molecular complexity index is 394. The molecule has 1 atom stereocenters. The van der Waals surface area contributed by atoms with E-state index in [1.807, 2.05) is 0 Å². The predicted octanol–water partition coefficient (Wildman–Crippen LogP) is 3.61. The van der Waals surface area contributed by atoms with Gasteiger partial charge in [0, 0.05) is 14.5 Å². The molecule has 0 aliphatic heterocycles. The summed E-state index contributed by atoms with van der Waals surface area (Å²) >= 11 is 5.52. The quantitative estimate of drug-likeness (QED) is 0.460. The van der Waals surface area contributed by atoms with Gasteiger partial charge in [-0.05, 0) is 37.0 Å². The van der Waals surface area contributed by atoms with Crippen LogP contribution in [-0.4, -0.2) is 9.63 Å². The molecular formula is C11H12BrFINO. The Morgan fingerprint density at radius 3 is 2.75 bits per heavy atom. The molecule has 1 aliphatic carbocycles. The lowest BCUT2D eigenvalue weighted by atomic mass is 9.87. The third-order valence-corrected chi connectivity index (χ3v) is 4.79. The van der Waals surface area contributed by atoms with Crippen molar-refractivity contribution in [3.63, 3.8) is 0 Å². The fourth-order valence-corrected chi connectivity index (χ4v) is 3.56. The molecule has 1 unspecified atom stereocenters. The summed E-state index contributed by atoms with van der Waals surface area (Å²) in [4.78, 5) is 0. The zero-order chi connectivity index (χ0) is 11.8. The number of benzene rings is 1. The molecule has 5 heteroatoms. The van der Waals surface area contributed by atoms with Gasteiger partial charge in [0.1, 0.15) is 5.82 Å². The average Bonchev–Trinajstić information content (AvgIpc) is 3.10. The highest BCUT2D eigenvalue weighted by atomic mass is 127. The van der Waals surface area contributed by atoms with Gasteiger partial charge in [-0.1, -0.05) is 38.5 Å². The van der Waals surface area contributed by atoms with Crippen LogP contribution >= 0.6 is 38.5 Å². The molecule has 0 amide bonds. The molecule has 1 saturated carbocycles. The summed E-state index contributed by atoms with van der Waals surface area (Å²) in [7, 11) is 0. The summed E-state index contributed by atoms with van der Waals surface area (Å²) in [5, 5.41) is 9.42. The van der Waals surface area contributed by atoms with E-state index < -0.39 is 5.54 Å². The van der Waals surface area contributed by atoms with E-state index in [4.69, 9.17) is 0 Å². The van der Waals surface area contributed by atoms with Crippen LogP contribution < -0.4 is 5.48 Å². The van der Waals surface area contributed by atoms with Crippen molar-refractivity contribution in [1.29, 1.82) is 0 Å². The van der Waals surface area contributed by atoms with E-state index in [-0.39, 0.29) is 5.82 Å². The molecule has 88 valence electrons. The van der Waals surface area contributed by atoms with E-state index in [2.05, 4.69) is 44.0 Å². The molecule has 0 heterocycles. The van der Waals surface area contributed by atoms with Crippen molar-refractivity contribution < 1.29 is 9.60 Å². The summed E-state index contributed by atoms with van der Waals surface area (Å²) in [6.07, 6.45) is 2.06. The second-order valence-electron chi connectivity index (χ2n) is 4.12. The fourth-order valence-electron chi connectivity index (χ4n) is 2.00. The van der Waals surface area contributed by atoms with Crippen LogP contribution in [-0.2, 0) is 5.54 Å². The zero-order valence-corrected chi connectivity index (χ0v) is 12.3. The van der Waals surface area contributed by atoms with E-state index in [0.29, 0.717) is 15.9 Å². The van der Waals surface area contributed by atoms with Gasteiger partial charge < -0.3 is 5.21 Å². The van der Waals surface area contributed by atoms with Crippen molar-refractivity contribution in [2.24, 2.45) is 5.92 Å². The third kappa shape index (κ3) is 2.14. The van der Waals surface area contributed by atoms with E-state index >= 15 is 0 Å². The maximum Gasteiger partial charge on any atom is 0.128 e. The van der Waals surface area contributed by atoms with Crippen LogP contribution in [0.1, 0.15) is 18.4 Å². The van der Waals surface area contributed by atoms with Gasteiger partial charge in [0.2, 0.25) is 0 Å². The largest absolute Gasteiger partial charge is 0.316 e. The van der Waals surface area contributed by atoms with Gasteiger partial charge in [0.25, 0.3) is 0 Å². The van der Waals surface area contributed by atoms with Crippen LogP contribution in [0.15, 0.2) is 22.7 Å². The molecule has 0 bridgehead atoms. The third-order valence-electron chi connectivity index (χ3n) is 3.09. The predicted molar refractivity (Wildman–Crippen MR) is 72.3 cm³/mol. The van der Waals surface area contributed by atoms with E-state index in [9.17, 15) is 9.60 Å². The molecule has 1 fully saturated rings. The number of halogens is 3. The normalized spacial score (nSPS) is 19.5. The van der Waals surface area contributed by atoms with Crippen molar-refractivity contribution >= 4 is 38.5 Å². The van der Waals surface area contributed by atoms with Crippen LogP contribution in [0.4, 0.5) is 4.39 Å². The Hall–Kier alpha value is 0.280. The van der Waals surface area contributed by atoms with Crippen LogP contribution in [0.2, 0.25) is 0 Å². The molecule has 1 aliphatic rings. The van der Waals surface area contributed by atoms with Gasteiger partial charge in [-0.3, -0.25) is 0 Å². The first-order chi connectivity index (χ1) is 7.64. The first-order valence-corrected chi connectivity index (χ1v) is 7.38. The Morgan fingerprint density at radius 1 is 1.56 bits per heavy atom. The summed E-state index contributed by atoms with van der Waals surface area (Å²) in [6, 6.07) is 4.84. The van der Waals surface area contributed by atoms with Crippen LogP contribution in [0.3, 0.4) is 0 Å². The molecule has 0 saturated heterocycles. The second kappa shape index (κ2) is 4.88. The topological polar surface area (TPSA) is 32.3 Å². The molecule has 2 rings (SSSR count). The Balaban J connectivity index is 2.49. The second-order valence-corrected chi connectivity index (χ2v) is 5.79. The Kier molecular flexibility index (Phi) is 3.88. The van der Waals surface area contributed by atoms with Crippen LogP contribution in [0.25, 0.3) is 0 Å². The monoisotopic (exact) mass is 399 g/mol. The van der Waals surface area contributed by atoms with Gasteiger partial charge in [-0.2, -0.15) is 5.48 Å². The van der Waals surface area contributed by atoms with Gasteiger partial charge in [0.05, 0.1) is 5.54 Å². The van der Waals surface area contributed by atoms with Crippen LogP contribution in [0.5, 0.6) is 0 Å². The SMILES string of the molecule is ONC(CI)(c1cc(Br)ccc1F)C1CC1. The minimum atomic E-state index is -0.644. The molecule has 1 aromatic carbocycles. The number of hydrogen-bond acceptors (Lipinski definition) is 2. The molecule has 16 heavy (non-hydrogen) atoms. The maximum atomic E-state index is 13.9. The highest BCUT2D eigenvalue weighted by Gasteiger charge is 2.47. The van der Waals surface area contributed by atoms with Crippen molar-refractivity contribution in [3.8, 4) is 0 Å². The lowest BCUT2D eigenvalue weighted by molar-refractivity contribution is 0.0585. The highest BCUT2D eigenvalue weighted by Crippen LogP contribution is 2.47. The minimum Gasteiger partial charge on any atom is -0.316 e. The molecule has 0 aromatic heterocycles. The van der Waals surface area contributed by atoms with Crippen molar-refractivity contribution in [1.82, 2.24) is 5.48 Å². The van der Waals surface area contributed by atoms with Crippen molar-refractivity contribution in [2.75, 3.05) is 4.43 Å². The number of alkyl halides is 1. The lowest BCUT2D eigenvalue weighted by Crippen LogP contribution is -2.45. The number of rotatable bonds is 4. The number of hydroxylamine groups is 1. The summed E-state index contributed by atoms with van der Waals surface area (Å²) < 4.78 is 15.3. The highest BCUT2D eigenvalue weighted by molar-refractivity contribution is 14.1. The Labute approximate surface area is 116 Å². The summed E-state index contributed by atoms with van der Waals surface area (Å²) in [6.45, 7) is 0. The van der Waals surface area contributed by atoms with E-state index in [1.165, 1.54) is 6.07 Å². The average molecular weight is 400 g/mol. The smallest absolute Gasteiger partial charge is 0.128 e. The molecule has 0 radical (unpaired) electrons. The number of nitrogens with one attached hydrogen (secondary N) is 1. The summed E-state index contributed by atoms with van der Waals surface area (Å²) in [5.74, 6) is 0.0477. The van der Waals surface area contributed by atoms with Crippen molar-refractivity contribution in [3.05, 3.63) is 34.1 Å². The molecule has 0 spiro atoms. The maximum absolute atomic E-state index is 13.9. The Morgan fingerprint density at radius 2 is 2.25 bits per heavy atom. The molecule has 1 aromatic rings. The molecule has 2 N–H and O–H groups in total. The molecule has 2 nitrogen and oxygen atoms in total. The minimum absolute atomic E-state index is 0.270. The van der Waals surface area contributed by atoms with E-state index in [1.54, 1.807) is 12.1 Å². The first kappa shape index (κ1) is 12.7. The van der Waals surface area contributed by atoms with Gasteiger partial charge in [-0.15, -0.1) is 0 Å². The van der Waals surface area contributed by atoms with Gasteiger partial charge in [-0.25, -0.2) is 4.39 Å². The zero-order valence-electron chi connectivity index (χ0n) is 8.51. The lowest BCUT2D eigenvalue weighted by Gasteiger charge is -2.31.